The van der Waals surface area contributed by atoms with Crippen molar-refractivity contribution in [3.63, 3.8) is 0 Å². The molecule has 0 radical (unpaired) electrons. The number of benzene rings is 4. The van der Waals surface area contributed by atoms with E-state index >= 15 is 0 Å². The number of aromatic carboxylic acids is 2. The highest BCUT2D eigenvalue weighted by Crippen LogP contribution is 2.29. The van der Waals surface area contributed by atoms with Crippen molar-refractivity contribution in [2.75, 3.05) is 0 Å². The first-order valence-electron chi connectivity index (χ1n) is 10.6. The molecule has 0 aliphatic heterocycles. The van der Waals surface area contributed by atoms with Crippen LogP contribution in [0.15, 0.2) is 97.1 Å². The second kappa shape index (κ2) is 10.6. The van der Waals surface area contributed by atoms with E-state index in [-0.39, 0.29) is 11.1 Å². The third kappa shape index (κ3) is 5.96. The lowest BCUT2D eigenvalue weighted by Gasteiger charge is -2.11. The van der Waals surface area contributed by atoms with Crippen molar-refractivity contribution >= 4 is 11.9 Å². The molecule has 0 spiro atoms. The first-order chi connectivity index (χ1) is 17.0. The molecule has 2 N–H and O–H groups in total. The number of rotatable bonds is 4. The molecule has 0 aliphatic rings. The Morgan fingerprint density at radius 2 is 0.943 bits per heavy atom. The van der Waals surface area contributed by atoms with Crippen LogP contribution in [0.2, 0.25) is 0 Å². The number of hydrogen-bond acceptors (Lipinski definition) is 3. The third-order valence-corrected chi connectivity index (χ3v) is 4.90. The third-order valence-electron chi connectivity index (χ3n) is 4.90. The zero-order chi connectivity index (χ0) is 24.6. The van der Waals surface area contributed by atoms with E-state index < -0.39 is 11.9 Å². The van der Waals surface area contributed by atoms with Crippen LogP contribution in [0.1, 0.15) is 43.0 Å². The van der Waals surface area contributed by atoms with Gasteiger partial charge in [-0.05, 0) is 60.7 Å². The summed E-state index contributed by atoms with van der Waals surface area (Å²) in [5.74, 6) is 10.5. The molecule has 0 aromatic heterocycles. The molecule has 0 aliphatic carbocycles. The van der Waals surface area contributed by atoms with Gasteiger partial charge < -0.3 is 14.9 Å². The molecule has 0 fully saturated rings. The van der Waals surface area contributed by atoms with Gasteiger partial charge in [-0.1, -0.05) is 60.1 Å². The minimum absolute atomic E-state index is 0.0695. The van der Waals surface area contributed by atoms with Crippen LogP contribution in [0.3, 0.4) is 0 Å². The average Bonchev–Trinajstić information content (AvgIpc) is 2.88. The molecule has 0 bridgehead atoms. The molecule has 0 unspecified atom stereocenters. The molecule has 5 heteroatoms. The Morgan fingerprint density at radius 1 is 0.543 bits per heavy atom. The fraction of sp³-hybridized carbons (Fsp3) is 0. The Bertz CT molecular complexity index is 1400. The minimum atomic E-state index is -1.08. The fourth-order valence-corrected chi connectivity index (χ4v) is 3.14. The Balaban J connectivity index is 1.77. The van der Waals surface area contributed by atoms with Crippen molar-refractivity contribution in [2.45, 2.75) is 0 Å². The van der Waals surface area contributed by atoms with Crippen LogP contribution >= 0.6 is 0 Å². The van der Waals surface area contributed by atoms with E-state index in [0.29, 0.717) is 22.6 Å². The van der Waals surface area contributed by atoms with E-state index in [4.69, 9.17) is 4.74 Å². The van der Waals surface area contributed by atoms with Crippen LogP contribution in [0, 0.1) is 23.7 Å². The van der Waals surface area contributed by atoms with Crippen molar-refractivity contribution in [1.29, 1.82) is 0 Å². The summed E-state index contributed by atoms with van der Waals surface area (Å²) in [4.78, 5) is 23.0. The Morgan fingerprint density at radius 3 is 1.31 bits per heavy atom. The quantitative estimate of drug-likeness (QED) is 0.385. The summed E-state index contributed by atoms with van der Waals surface area (Å²) in [5, 5.41) is 18.8. The molecule has 4 aromatic rings. The van der Waals surface area contributed by atoms with Crippen molar-refractivity contribution < 1.29 is 24.5 Å². The SMILES string of the molecule is O=C(O)c1ccc(Oc2ccc(C(=O)O)cc2C#Cc2ccccc2)c(C#Cc2ccccc2)c1. The summed E-state index contributed by atoms with van der Waals surface area (Å²) in [5.41, 5.74) is 2.41. The van der Waals surface area contributed by atoms with Crippen LogP contribution < -0.4 is 4.74 Å². The Labute approximate surface area is 202 Å². The topological polar surface area (TPSA) is 83.8 Å². The molecule has 0 atom stereocenters. The number of carbonyl (C=O) groups is 2. The van der Waals surface area contributed by atoms with Crippen LogP contribution in [0.5, 0.6) is 11.5 Å². The van der Waals surface area contributed by atoms with E-state index in [1.165, 1.54) is 36.4 Å². The maximum absolute atomic E-state index is 11.5. The lowest BCUT2D eigenvalue weighted by atomic mass is 10.1. The second-order valence-corrected chi connectivity index (χ2v) is 7.37. The molecule has 168 valence electrons. The number of carboxylic acid groups (broad SMARTS) is 2. The van der Waals surface area contributed by atoms with Gasteiger partial charge in [-0.25, -0.2) is 9.59 Å². The lowest BCUT2D eigenvalue weighted by molar-refractivity contribution is 0.0686. The number of ether oxygens (including phenoxy) is 1. The first kappa shape index (κ1) is 22.9. The molecule has 0 heterocycles. The van der Waals surface area contributed by atoms with Crippen LogP contribution in [-0.2, 0) is 0 Å². The number of carboxylic acids is 2. The van der Waals surface area contributed by atoms with Gasteiger partial charge in [0.2, 0.25) is 0 Å². The maximum Gasteiger partial charge on any atom is 0.335 e. The Kier molecular flexibility index (Phi) is 6.92. The van der Waals surface area contributed by atoms with Gasteiger partial charge in [-0.2, -0.15) is 0 Å². The molecule has 4 rings (SSSR count). The summed E-state index contributed by atoms with van der Waals surface area (Å²) in [6.45, 7) is 0. The van der Waals surface area contributed by atoms with E-state index in [2.05, 4.69) is 23.7 Å². The summed E-state index contributed by atoms with van der Waals surface area (Å²) < 4.78 is 6.10. The predicted molar refractivity (Wildman–Crippen MR) is 132 cm³/mol. The largest absolute Gasteiger partial charge is 0.478 e. The van der Waals surface area contributed by atoms with Crippen molar-refractivity contribution in [2.24, 2.45) is 0 Å². The van der Waals surface area contributed by atoms with Gasteiger partial charge in [0.1, 0.15) is 11.5 Å². The molecule has 0 amide bonds. The monoisotopic (exact) mass is 458 g/mol. The van der Waals surface area contributed by atoms with Crippen LogP contribution in [0.4, 0.5) is 0 Å². The predicted octanol–water partition coefficient (Wildman–Crippen LogP) is 5.67. The zero-order valence-corrected chi connectivity index (χ0v) is 18.4. The molecule has 35 heavy (non-hydrogen) atoms. The second-order valence-electron chi connectivity index (χ2n) is 7.37. The summed E-state index contributed by atoms with van der Waals surface area (Å²) in [7, 11) is 0. The minimum Gasteiger partial charge on any atom is -0.478 e. The van der Waals surface area contributed by atoms with Crippen molar-refractivity contribution in [3.05, 3.63) is 130 Å². The smallest absolute Gasteiger partial charge is 0.335 e. The zero-order valence-electron chi connectivity index (χ0n) is 18.4. The van der Waals surface area contributed by atoms with E-state index in [1.54, 1.807) is 0 Å². The molecule has 0 saturated heterocycles. The van der Waals surface area contributed by atoms with E-state index in [9.17, 15) is 19.8 Å². The summed E-state index contributed by atoms with van der Waals surface area (Å²) in [6, 6.07) is 27.3. The van der Waals surface area contributed by atoms with Gasteiger partial charge in [0.15, 0.2) is 0 Å². The van der Waals surface area contributed by atoms with Crippen LogP contribution in [0.25, 0.3) is 0 Å². The molecule has 0 saturated carbocycles. The summed E-state index contributed by atoms with van der Waals surface area (Å²) >= 11 is 0. The fourth-order valence-electron chi connectivity index (χ4n) is 3.14. The van der Waals surface area contributed by atoms with Gasteiger partial charge in [-0.15, -0.1) is 0 Å². The van der Waals surface area contributed by atoms with Gasteiger partial charge in [-0.3, -0.25) is 0 Å². The first-order valence-corrected chi connectivity index (χ1v) is 10.6. The molecule has 5 nitrogen and oxygen atoms in total. The van der Waals surface area contributed by atoms with Gasteiger partial charge in [0.25, 0.3) is 0 Å². The van der Waals surface area contributed by atoms with E-state index in [0.717, 1.165) is 11.1 Å². The standard InChI is InChI=1S/C30H18O5/c31-29(32)25-15-17-27(23(19-25)13-11-21-7-3-1-4-8-21)35-28-18-16-26(30(33)34)20-24(28)14-12-22-9-5-2-6-10-22/h1-10,15-20H,(H,31,32)(H,33,34). The van der Waals surface area contributed by atoms with Gasteiger partial charge in [0, 0.05) is 11.1 Å². The Hall–Kier alpha value is -5.26. The number of hydrogen-bond donors (Lipinski definition) is 2. The highest BCUT2D eigenvalue weighted by Gasteiger charge is 2.13. The van der Waals surface area contributed by atoms with Gasteiger partial charge >= 0.3 is 11.9 Å². The van der Waals surface area contributed by atoms with Crippen molar-refractivity contribution in [1.82, 2.24) is 0 Å². The average molecular weight is 458 g/mol. The normalized spacial score (nSPS) is 9.71. The molecular weight excluding hydrogens is 440 g/mol. The van der Waals surface area contributed by atoms with Crippen molar-refractivity contribution in [3.8, 4) is 35.2 Å². The highest BCUT2D eigenvalue weighted by atomic mass is 16.5. The van der Waals surface area contributed by atoms with Crippen LogP contribution in [-0.4, -0.2) is 22.2 Å². The van der Waals surface area contributed by atoms with Gasteiger partial charge in [0.05, 0.1) is 22.3 Å². The summed E-state index contributed by atoms with van der Waals surface area (Å²) in [6.07, 6.45) is 0. The maximum atomic E-state index is 11.5. The molecular formula is C30H18O5. The lowest BCUT2D eigenvalue weighted by Crippen LogP contribution is -2.00. The van der Waals surface area contributed by atoms with E-state index in [1.807, 2.05) is 60.7 Å². The highest BCUT2D eigenvalue weighted by molar-refractivity contribution is 5.89. The molecule has 4 aromatic carbocycles.